The molecule has 1 saturated carbocycles. The van der Waals surface area contributed by atoms with E-state index in [9.17, 15) is 18.7 Å². The van der Waals surface area contributed by atoms with Crippen molar-refractivity contribution in [1.29, 1.82) is 0 Å². The van der Waals surface area contributed by atoms with Crippen LogP contribution in [0.15, 0.2) is 18.2 Å². The molecule has 1 aliphatic carbocycles. The van der Waals surface area contributed by atoms with Crippen LogP contribution >= 0.6 is 11.8 Å². The van der Waals surface area contributed by atoms with Gasteiger partial charge in [0.05, 0.1) is 0 Å². The number of thioether (sulfide) groups is 1. The van der Waals surface area contributed by atoms with Crippen LogP contribution in [0.3, 0.4) is 0 Å². The maximum Gasteiger partial charge on any atom is 0.321 e. The number of hydrogen-bond donors (Lipinski definition) is 1. The summed E-state index contributed by atoms with van der Waals surface area (Å²) in [4.78, 5) is 11.2. The third-order valence-electron chi connectivity index (χ3n) is 3.04. The molecule has 0 amide bonds. The summed E-state index contributed by atoms with van der Waals surface area (Å²) < 4.78 is 26.2. The quantitative estimate of drug-likeness (QED) is 0.906. The highest BCUT2D eigenvalue weighted by molar-refractivity contribution is 8.00. The number of benzene rings is 1. The highest BCUT2D eigenvalue weighted by Gasteiger charge is 2.27. The molecule has 0 aromatic heterocycles. The molecule has 1 unspecified atom stereocenters. The van der Waals surface area contributed by atoms with E-state index in [1.807, 2.05) is 0 Å². The van der Waals surface area contributed by atoms with E-state index >= 15 is 0 Å². The predicted molar refractivity (Wildman–Crippen MR) is 66.6 cm³/mol. The number of hydrogen-bond acceptors (Lipinski definition) is 2. The number of carboxylic acid groups (broad SMARTS) is 1. The van der Waals surface area contributed by atoms with Crippen LogP contribution in [0.1, 0.15) is 36.5 Å². The summed E-state index contributed by atoms with van der Waals surface area (Å²) in [5.41, 5.74) is 0.192. The molecule has 1 fully saturated rings. The number of carboxylic acids is 1. The van der Waals surface area contributed by atoms with E-state index in [-0.39, 0.29) is 10.8 Å². The van der Waals surface area contributed by atoms with Crippen molar-refractivity contribution in [3.05, 3.63) is 35.4 Å². The third-order valence-corrected chi connectivity index (χ3v) is 4.64. The van der Waals surface area contributed by atoms with Gasteiger partial charge in [-0.1, -0.05) is 12.8 Å². The molecule has 0 heterocycles. The van der Waals surface area contributed by atoms with E-state index in [2.05, 4.69) is 0 Å². The zero-order chi connectivity index (χ0) is 13.1. The van der Waals surface area contributed by atoms with E-state index in [0.29, 0.717) is 0 Å². The largest absolute Gasteiger partial charge is 0.480 e. The predicted octanol–water partition coefficient (Wildman–Crippen LogP) is 3.77. The lowest BCUT2D eigenvalue weighted by atomic mass is 10.1. The summed E-state index contributed by atoms with van der Waals surface area (Å²) >= 11 is 1.30. The molecule has 0 spiro atoms. The summed E-state index contributed by atoms with van der Waals surface area (Å²) in [6.07, 6.45) is 4.15. The van der Waals surface area contributed by atoms with Crippen LogP contribution in [-0.4, -0.2) is 16.3 Å². The van der Waals surface area contributed by atoms with Crippen molar-refractivity contribution in [3.63, 3.8) is 0 Å². The Labute approximate surface area is 108 Å². The molecular weight excluding hydrogens is 258 g/mol. The SMILES string of the molecule is O=C(O)C(SC1CCCC1)c1cc(F)cc(F)c1. The van der Waals surface area contributed by atoms with Crippen molar-refractivity contribution in [3.8, 4) is 0 Å². The molecule has 1 N–H and O–H groups in total. The van der Waals surface area contributed by atoms with Crippen LogP contribution in [0, 0.1) is 11.6 Å². The molecule has 1 aromatic carbocycles. The molecule has 0 aliphatic heterocycles. The summed E-state index contributed by atoms with van der Waals surface area (Å²) in [6.45, 7) is 0. The van der Waals surface area contributed by atoms with Gasteiger partial charge in [0.15, 0.2) is 0 Å². The summed E-state index contributed by atoms with van der Waals surface area (Å²) in [5.74, 6) is -2.51. The van der Waals surface area contributed by atoms with Gasteiger partial charge in [-0.3, -0.25) is 4.79 Å². The monoisotopic (exact) mass is 272 g/mol. The van der Waals surface area contributed by atoms with Gasteiger partial charge >= 0.3 is 5.97 Å². The van der Waals surface area contributed by atoms with E-state index in [4.69, 9.17) is 0 Å². The molecule has 0 bridgehead atoms. The maximum atomic E-state index is 13.1. The highest BCUT2D eigenvalue weighted by Crippen LogP contribution is 2.39. The van der Waals surface area contributed by atoms with Crippen molar-refractivity contribution in [2.75, 3.05) is 0 Å². The molecule has 1 aromatic rings. The number of carbonyl (C=O) groups is 1. The van der Waals surface area contributed by atoms with Crippen molar-refractivity contribution in [2.45, 2.75) is 36.2 Å². The molecule has 1 aliphatic rings. The van der Waals surface area contributed by atoms with Gasteiger partial charge < -0.3 is 5.11 Å². The zero-order valence-corrected chi connectivity index (χ0v) is 10.6. The van der Waals surface area contributed by atoms with E-state index in [1.54, 1.807) is 0 Å². The molecule has 0 saturated heterocycles. The average Bonchev–Trinajstić information content (AvgIpc) is 2.76. The lowest BCUT2D eigenvalue weighted by Gasteiger charge is -2.17. The first kappa shape index (κ1) is 13.3. The fraction of sp³-hybridized carbons (Fsp3) is 0.462. The molecule has 1 atom stereocenters. The van der Waals surface area contributed by atoms with Crippen molar-refractivity contribution >= 4 is 17.7 Å². The lowest BCUT2D eigenvalue weighted by Crippen LogP contribution is -2.12. The van der Waals surface area contributed by atoms with E-state index in [0.717, 1.165) is 43.9 Å². The second kappa shape index (κ2) is 5.69. The Morgan fingerprint density at radius 3 is 2.28 bits per heavy atom. The molecule has 0 radical (unpaired) electrons. The Kier molecular flexibility index (Phi) is 4.22. The highest BCUT2D eigenvalue weighted by atomic mass is 32.2. The average molecular weight is 272 g/mol. The molecular formula is C13H14F2O2S. The Morgan fingerprint density at radius 2 is 1.78 bits per heavy atom. The van der Waals surface area contributed by atoms with Crippen molar-refractivity contribution < 1.29 is 18.7 Å². The minimum atomic E-state index is -1.04. The first-order chi connectivity index (χ1) is 8.56. The first-order valence-corrected chi connectivity index (χ1v) is 6.85. The van der Waals surface area contributed by atoms with Gasteiger partial charge in [0.2, 0.25) is 0 Å². The van der Waals surface area contributed by atoms with Gasteiger partial charge in [0.25, 0.3) is 0 Å². The summed E-state index contributed by atoms with van der Waals surface area (Å²) in [6, 6.07) is 2.95. The maximum absolute atomic E-state index is 13.1. The summed E-state index contributed by atoms with van der Waals surface area (Å²) in [5, 5.41) is 8.59. The second-order valence-corrected chi connectivity index (χ2v) is 5.87. The summed E-state index contributed by atoms with van der Waals surface area (Å²) in [7, 11) is 0. The smallest absolute Gasteiger partial charge is 0.321 e. The Morgan fingerprint density at radius 1 is 1.22 bits per heavy atom. The van der Waals surface area contributed by atoms with Gasteiger partial charge in [-0.2, -0.15) is 0 Å². The Bertz CT molecular complexity index is 424. The van der Waals surface area contributed by atoms with Gasteiger partial charge in [-0.25, -0.2) is 8.78 Å². The molecule has 98 valence electrons. The fourth-order valence-electron chi connectivity index (χ4n) is 2.22. The Hall–Kier alpha value is -1.10. The van der Waals surface area contributed by atoms with Gasteiger partial charge in [0.1, 0.15) is 16.9 Å². The van der Waals surface area contributed by atoms with Crippen molar-refractivity contribution in [2.24, 2.45) is 0 Å². The molecule has 5 heteroatoms. The van der Waals surface area contributed by atoms with Crippen LogP contribution in [0.4, 0.5) is 8.78 Å². The zero-order valence-electron chi connectivity index (χ0n) is 9.73. The second-order valence-electron chi connectivity index (χ2n) is 4.46. The lowest BCUT2D eigenvalue weighted by molar-refractivity contribution is -0.136. The first-order valence-electron chi connectivity index (χ1n) is 5.90. The molecule has 2 nitrogen and oxygen atoms in total. The standard InChI is InChI=1S/C13H14F2O2S/c14-9-5-8(6-10(15)7-9)12(13(16)17)18-11-3-1-2-4-11/h5-7,11-12H,1-4H2,(H,16,17). The van der Waals surface area contributed by atoms with Gasteiger partial charge in [-0.05, 0) is 30.5 Å². The van der Waals surface area contributed by atoms with Crippen LogP contribution < -0.4 is 0 Å². The van der Waals surface area contributed by atoms with E-state index in [1.165, 1.54) is 11.8 Å². The number of halogens is 2. The minimum Gasteiger partial charge on any atom is -0.480 e. The van der Waals surface area contributed by atoms with Crippen LogP contribution in [-0.2, 0) is 4.79 Å². The van der Waals surface area contributed by atoms with Crippen molar-refractivity contribution in [1.82, 2.24) is 0 Å². The van der Waals surface area contributed by atoms with E-state index < -0.39 is 22.9 Å². The van der Waals surface area contributed by atoms with Crippen LogP contribution in [0.25, 0.3) is 0 Å². The minimum absolute atomic E-state index is 0.192. The van der Waals surface area contributed by atoms with Crippen LogP contribution in [0.5, 0.6) is 0 Å². The normalized spacial score (nSPS) is 17.9. The molecule has 18 heavy (non-hydrogen) atoms. The van der Waals surface area contributed by atoms with Gasteiger partial charge in [0, 0.05) is 11.3 Å². The Balaban J connectivity index is 2.20. The fourth-order valence-corrected chi connectivity index (χ4v) is 3.62. The van der Waals surface area contributed by atoms with Gasteiger partial charge in [-0.15, -0.1) is 11.8 Å². The molecule has 2 rings (SSSR count). The number of aliphatic carboxylic acids is 1. The van der Waals surface area contributed by atoms with Crippen LogP contribution in [0.2, 0.25) is 0 Å². The topological polar surface area (TPSA) is 37.3 Å². The number of rotatable bonds is 4. The third kappa shape index (κ3) is 3.22.